The number of rotatable bonds is 5. The number of aryl methyl sites for hydroxylation is 2. The lowest BCUT2D eigenvalue weighted by atomic mass is 9.98. The van der Waals surface area contributed by atoms with Crippen molar-refractivity contribution in [3.8, 4) is 0 Å². The molecule has 0 aliphatic rings. The van der Waals surface area contributed by atoms with Crippen molar-refractivity contribution in [2.24, 2.45) is 0 Å². The minimum absolute atomic E-state index is 0.330. The Bertz CT molecular complexity index is 501. The van der Waals surface area contributed by atoms with Gasteiger partial charge in [-0.15, -0.1) is 11.3 Å². The van der Waals surface area contributed by atoms with E-state index in [4.69, 9.17) is 0 Å². The predicted octanol–water partition coefficient (Wildman–Crippen LogP) is 4.45. The van der Waals surface area contributed by atoms with Crippen LogP contribution >= 0.6 is 11.3 Å². The van der Waals surface area contributed by atoms with Gasteiger partial charge in [0.25, 0.3) is 0 Å². The Labute approximate surface area is 114 Å². The zero-order valence-corrected chi connectivity index (χ0v) is 12.2. The maximum absolute atomic E-state index is 3.66. The third-order valence-electron chi connectivity index (χ3n) is 3.18. The molecule has 1 aromatic heterocycles. The first-order valence-electron chi connectivity index (χ1n) is 6.56. The number of hydrogen-bond donors (Lipinski definition) is 1. The summed E-state index contributed by atoms with van der Waals surface area (Å²) in [4.78, 5) is 1.41. The SMILES string of the molecule is CCCNC(c1cccc(C)c1)c1ccsc1C. The Kier molecular flexibility index (Phi) is 4.56. The van der Waals surface area contributed by atoms with Gasteiger partial charge in [-0.3, -0.25) is 0 Å². The molecule has 0 saturated heterocycles. The molecule has 18 heavy (non-hydrogen) atoms. The van der Waals surface area contributed by atoms with Crippen LogP contribution in [0.2, 0.25) is 0 Å². The second-order valence-corrected chi connectivity index (χ2v) is 5.85. The van der Waals surface area contributed by atoms with Gasteiger partial charge >= 0.3 is 0 Å². The second kappa shape index (κ2) is 6.17. The molecule has 96 valence electrons. The van der Waals surface area contributed by atoms with E-state index in [0.29, 0.717) is 6.04 Å². The van der Waals surface area contributed by atoms with Crippen molar-refractivity contribution < 1.29 is 0 Å². The van der Waals surface area contributed by atoms with E-state index >= 15 is 0 Å². The first-order chi connectivity index (χ1) is 8.72. The fourth-order valence-corrected chi connectivity index (χ4v) is 2.98. The molecule has 1 atom stereocenters. The van der Waals surface area contributed by atoms with Crippen molar-refractivity contribution in [3.05, 3.63) is 57.3 Å². The Morgan fingerprint density at radius 1 is 1.22 bits per heavy atom. The van der Waals surface area contributed by atoms with Gasteiger partial charge in [0.1, 0.15) is 0 Å². The quantitative estimate of drug-likeness (QED) is 0.836. The highest BCUT2D eigenvalue weighted by molar-refractivity contribution is 7.10. The Balaban J connectivity index is 2.33. The van der Waals surface area contributed by atoms with Gasteiger partial charge in [-0.1, -0.05) is 36.8 Å². The van der Waals surface area contributed by atoms with Crippen molar-refractivity contribution in [1.29, 1.82) is 0 Å². The van der Waals surface area contributed by atoms with Crippen LogP contribution in [0.3, 0.4) is 0 Å². The number of benzene rings is 1. The van der Waals surface area contributed by atoms with Crippen molar-refractivity contribution in [2.75, 3.05) is 6.54 Å². The average molecular weight is 259 g/mol. The third kappa shape index (κ3) is 3.01. The van der Waals surface area contributed by atoms with Crippen LogP contribution in [0.1, 0.15) is 41.0 Å². The number of hydrogen-bond acceptors (Lipinski definition) is 2. The smallest absolute Gasteiger partial charge is 0.0587 e. The lowest BCUT2D eigenvalue weighted by Crippen LogP contribution is -2.23. The monoisotopic (exact) mass is 259 g/mol. The first-order valence-corrected chi connectivity index (χ1v) is 7.44. The molecule has 1 N–H and O–H groups in total. The summed E-state index contributed by atoms with van der Waals surface area (Å²) in [5.74, 6) is 0. The number of thiophene rings is 1. The molecule has 0 fully saturated rings. The maximum atomic E-state index is 3.66. The molecule has 0 saturated carbocycles. The molecule has 2 heteroatoms. The van der Waals surface area contributed by atoms with Crippen molar-refractivity contribution in [3.63, 3.8) is 0 Å². The summed E-state index contributed by atoms with van der Waals surface area (Å²) in [6, 6.07) is 11.4. The van der Waals surface area contributed by atoms with Gasteiger partial charge in [0.2, 0.25) is 0 Å². The van der Waals surface area contributed by atoms with Gasteiger partial charge in [-0.25, -0.2) is 0 Å². The summed E-state index contributed by atoms with van der Waals surface area (Å²) in [6.07, 6.45) is 1.16. The molecule has 0 spiro atoms. The molecule has 0 amide bonds. The van der Waals surface area contributed by atoms with Gasteiger partial charge < -0.3 is 5.32 Å². The highest BCUT2D eigenvalue weighted by Gasteiger charge is 2.16. The fourth-order valence-electron chi connectivity index (χ4n) is 2.24. The van der Waals surface area contributed by atoms with Crippen molar-refractivity contribution >= 4 is 11.3 Å². The zero-order valence-electron chi connectivity index (χ0n) is 11.4. The summed E-state index contributed by atoms with van der Waals surface area (Å²) in [7, 11) is 0. The van der Waals surface area contributed by atoms with Crippen LogP contribution in [0.5, 0.6) is 0 Å². The van der Waals surface area contributed by atoms with Crippen molar-refractivity contribution in [1.82, 2.24) is 5.32 Å². The standard InChI is InChI=1S/C16H21NS/c1-4-9-17-16(15-8-10-18-13(15)3)14-7-5-6-12(2)11-14/h5-8,10-11,16-17H,4,9H2,1-3H3. The van der Waals surface area contributed by atoms with E-state index in [-0.39, 0.29) is 0 Å². The fraction of sp³-hybridized carbons (Fsp3) is 0.375. The normalized spacial score (nSPS) is 12.6. The van der Waals surface area contributed by atoms with Crippen LogP contribution < -0.4 is 5.32 Å². The molecule has 0 bridgehead atoms. The number of nitrogens with one attached hydrogen (secondary N) is 1. The summed E-state index contributed by atoms with van der Waals surface area (Å²) in [5, 5.41) is 5.84. The molecule has 0 radical (unpaired) electrons. The van der Waals surface area contributed by atoms with Crippen LogP contribution in [0, 0.1) is 13.8 Å². The highest BCUT2D eigenvalue weighted by atomic mass is 32.1. The van der Waals surface area contributed by atoms with E-state index < -0.39 is 0 Å². The van der Waals surface area contributed by atoms with Gasteiger partial charge in [0, 0.05) is 4.88 Å². The molecule has 1 heterocycles. The largest absolute Gasteiger partial charge is 0.306 e. The lowest BCUT2D eigenvalue weighted by molar-refractivity contribution is 0.598. The molecule has 0 aliphatic carbocycles. The van der Waals surface area contributed by atoms with E-state index in [1.165, 1.54) is 21.6 Å². The van der Waals surface area contributed by atoms with Gasteiger partial charge in [0.05, 0.1) is 6.04 Å². The zero-order chi connectivity index (χ0) is 13.0. The molecular formula is C16H21NS. The molecular weight excluding hydrogens is 238 g/mol. The Hall–Kier alpha value is -1.12. The van der Waals surface area contributed by atoms with Gasteiger partial charge in [0.15, 0.2) is 0 Å². The van der Waals surface area contributed by atoms with Crippen LogP contribution in [-0.4, -0.2) is 6.54 Å². The molecule has 2 rings (SSSR count). The summed E-state index contributed by atoms with van der Waals surface area (Å²) in [5.41, 5.74) is 4.10. The van der Waals surface area contributed by atoms with Crippen LogP contribution in [-0.2, 0) is 0 Å². The first kappa shape index (κ1) is 13.3. The molecule has 1 nitrogen and oxygen atoms in total. The predicted molar refractivity (Wildman–Crippen MR) is 80.4 cm³/mol. The minimum atomic E-state index is 0.330. The van der Waals surface area contributed by atoms with E-state index in [0.717, 1.165) is 13.0 Å². The molecule has 1 unspecified atom stereocenters. The minimum Gasteiger partial charge on any atom is -0.306 e. The Morgan fingerprint density at radius 3 is 2.67 bits per heavy atom. The van der Waals surface area contributed by atoms with E-state index in [1.807, 2.05) is 11.3 Å². The topological polar surface area (TPSA) is 12.0 Å². The molecule has 0 aliphatic heterocycles. The molecule has 2 aromatic rings. The summed E-state index contributed by atoms with van der Waals surface area (Å²) in [6.45, 7) is 7.62. The van der Waals surface area contributed by atoms with Gasteiger partial charge in [-0.2, -0.15) is 0 Å². The van der Waals surface area contributed by atoms with E-state index in [1.54, 1.807) is 0 Å². The lowest BCUT2D eigenvalue weighted by Gasteiger charge is -2.19. The van der Waals surface area contributed by atoms with Crippen molar-refractivity contribution in [2.45, 2.75) is 33.2 Å². The maximum Gasteiger partial charge on any atom is 0.0587 e. The van der Waals surface area contributed by atoms with Crippen LogP contribution in [0.15, 0.2) is 35.7 Å². The van der Waals surface area contributed by atoms with E-state index in [9.17, 15) is 0 Å². The van der Waals surface area contributed by atoms with Crippen LogP contribution in [0.25, 0.3) is 0 Å². The van der Waals surface area contributed by atoms with Gasteiger partial charge in [-0.05, 0) is 49.4 Å². The highest BCUT2D eigenvalue weighted by Crippen LogP contribution is 2.28. The summed E-state index contributed by atoms with van der Waals surface area (Å²) < 4.78 is 0. The Morgan fingerprint density at radius 2 is 2.06 bits per heavy atom. The molecule has 1 aromatic carbocycles. The van der Waals surface area contributed by atoms with E-state index in [2.05, 4.69) is 61.8 Å². The average Bonchev–Trinajstić information content (AvgIpc) is 2.77. The second-order valence-electron chi connectivity index (χ2n) is 4.73. The summed E-state index contributed by atoms with van der Waals surface area (Å²) >= 11 is 1.83. The third-order valence-corrected chi connectivity index (χ3v) is 4.05. The van der Waals surface area contributed by atoms with Crippen LogP contribution in [0.4, 0.5) is 0 Å².